The third-order valence-corrected chi connectivity index (χ3v) is 5.22. The Hall–Kier alpha value is -1.10. The SMILES string of the molecule is CC(C)N1CCCC(N2CCNCC2c2cccc(Cl)c2)C1=O. The summed E-state index contributed by atoms with van der Waals surface area (Å²) in [5.41, 5.74) is 1.19. The van der Waals surface area contributed by atoms with E-state index >= 15 is 0 Å². The highest BCUT2D eigenvalue weighted by molar-refractivity contribution is 6.30. The van der Waals surface area contributed by atoms with Crippen molar-refractivity contribution in [2.45, 2.75) is 44.8 Å². The predicted octanol–water partition coefficient (Wildman–Crippen LogP) is 2.69. The van der Waals surface area contributed by atoms with E-state index in [4.69, 9.17) is 11.6 Å². The van der Waals surface area contributed by atoms with E-state index in [9.17, 15) is 4.79 Å². The number of nitrogens with zero attached hydrogens (tertiary/aromatic N) is 2. The van der Waals surface area contributed by atoms with Crippen LogP contribution in [0.2, 0.25) is 5.02 Å². The van der Waals surface area contributed by atoms with Gasteiger partial charge in [0.05, 0.1) is 6.04 Å². The maximum atomic E-state index is 12.9. The molecule has 1 aromatic rings. The molecule has 2 aliphatic rings. The molecule has 0 aromatic heterocycles. The Morgan fingerprint density at radius 1 is 1.26 bits per heavy atom. The standard InChI is InChI=1S/C18H26ClN3O/c1-13(2)21-9-4-7-16(18(21)23)22-10-8-20-12-17(22)14-5-3-6-15(19)11-14/h3,5-6,11,13,16-17,20H,4,7-10,12H2,1-2H3. The lowest BCUT2D eigenvalue weighted by molar-refractivity contribution is -0.143. The third-order valence-electron chi connectivity index (χ3n) is 4.99. The maximum Gasteiger partial charge on any atom is 0.240 e. The van der Waals surface area contributed by atoms with Crippen molar-refractivity contribution in [2.24, 2.45) is 0 Å². The first-order valence-corrected chi connectivity index (χ1v) is 8.98. The van der Waals surface area contributed by atoms with E-state index in [0.29, 0.717) is 5.91 Å². The number of hydrogen-bond donors (Lipinski definition) is 1. The fraction of sp³-hybridized carbons (Fsp3) is 0.611. The molecule has 2 aliphatic heterocycles. The van der Waals surface area contributed by atoms with Gasteiger partial charge in [-0.3, -0.25) is 9.69 Å². The zero-order valence-electron chi connectivity index (χ0n) is 14.0. The summed E-state index contributed by atoms with van der Waals surface area (Å²) in [7, 11) is 0. The number of carbonyl (C=O) groups is 1. The van der Waals surface area contributed by atoms with Crippen LogP contribution in [-0.2, 0) is 4.79 Å². The van der Waals surface area contributed by atoms with Crippen molar-refractivity contribution in [3.8, 4) is 0 Å². The van der Waals surface area contributed by atoms with Crippen LogP contribution in [0.3, 0.4) is 0 Å². The molecule has 3 rings (SSSR count). The molecule has 2 fully saturated rings. The number of halogens is 1. The Balaban J connectivity index is 1.85. The van der Waals surface area contributed by atoms with Crippen LogP contribution in [0.1, 0.15) is 38.3 Å². The molecule has 1 N–H and O–H groups in total. The molecule has 0 aliphatic carbocycles. The van der Waals surface area contributed by atoms with Crippen LogP contribution in [-0.4, -0.2) is 54.0 Å². The fourth-order valence-electron chi connectivity index (χ4n) is 3.82. The molecule has 0 saturated carbocycles. The van der Waals surface area contributed by atoms with E-state index in [-0.39, 0.29) is 18.1 Å². The van der Waals surface area contributed by atoms with Gasteiger partial charge in [0.15, 0.2) is 0 Å². The molecule has 2 unspecified atom stereocenters. The molecule has 1 aromatic carbocycles. The molecule has 23 heavy (non-hydrogen) atoms. The van der Waals surface area contributed by atoms with Crippen LogP contribution < -0.4 is 5.32 Å². The Morgan fingerprint density at radius 2 is 2.09 bits per heavy atom. The maximum absolute atomic E-state index is 12.9. The summed E-state index contributed by atoms with van der Waals surface area (Å²) in [6, 6.07) is 8.52. The largest absolute Gasteiger partial charge is 0.339 e. The van der Waals surface area contributed by atoms with E-state index in [1.165, 1.54) is 5.56 Å². The van der Waals surface area contributed by atoms with E-state index < -0.39 is 0 Å². The number of piperidine rings is 1. The van der Waals surface area contributed by atoms with Crippen molar-refractivity contribution in [3.05, 3.63) is 34.9 Å². The number of rotatable bonds is 3. The van der Waals surface area contributed by atoms with Crippen molar-refractivity contribution in [2.75, 3.05) is 26.2 Å². The minimum Gasteiger partial charge on any atom is -0.339 e. The van der Waals surface area contributed by atoms with Crippen molar-refractivity contribution < 1.29 is 4.79 Å². The van der Waals surface area contributed by atoms with Gasteiger partial charge in [0.1, 0.15) is 0 Å². The molecular weight excluding hydrogens is 310 g/mol. The average molecular weight is 336 g/mol. The number of nitrogens with one attached hydrogen (secondary N) is 1. The van der Waals surface area contributed by atoms with Gasteiger partial charge in [0.2, 0.25) is 5.91 Å². The summed E-state index contributed by atoms with van der Waals surface area (Å²) >= 11 is 6.18. The highest BCUT2D eigenvalue weighted by Crippen LogP contribution is 2.30. The Labute approximate surface area is 143 Å². The molecular formula is C18H26ClN3O. The summed E-state index contributed by atoms with van der Waals surface area (Å²) in [4.78, 5) is 17.4. The molecule has 0 spiro atoms. The first-order valence-electron chi connectivity index (χ1n) is 8.60. The van der Waals surface area contributed by atoms with Crippen LogP contribution >= 0.6 is 11.6 Å². The molecule has 5 heteroatoms. The summed E-state index contributed by atoms with van der Waals surface area (Å²) in [6.07, 6.45) is 2.04. The van der Waals surface area contributed by atoms with Gasteiger partial charge in [0.25, 0.3) is 0 Å². The monoisotopic (exact) mass is 335 g/mol. The highest BCUT2D eigenvalue weighted by Gasteiger charge is 2.38. The summed E-state index contributed by atoms with van der Waals surface area (Å²) in [6.45, 7) is 7.80. The van der Waals surface area contributed by atoms with Crippen molar-refractivity contribution >= 4 is 17.5 Å². The second-order valence-corrected chi connectivity index (χ2v) is 7.23. The molecule has 2 saturated heterocycles. The van der Waals surface area contributed by atoms with E-state index in [0.717, 1.165) is 44.0 Å². The molecule has 0 bridgehead atoms. The lowest BCUT2D eigenvalue weighted by Crippen LogP contribution is -2.59. The summed E-state index contributed by atoms with van der Waals surface area (Å²) < 4.78 is 0. The molecule has 2 heterocycles. The predicted molar refractivity (Wildman–Crippen MR) is 93.6 cm³/mol. The number of amides is 1. The van der Waals surface area contributed by atoms with Gasteiger partial charge < -0.3 is 10.2 Å². The quantitative estimate of drug-likeness (QED) is 0.922. The summed E-state index contributed by atoms with van der Waals surface area (Å²) in [5.74, 6) is 0.292. The lowest BCUT2D eigenvalue weighted by Gasteiger charge is -2.45. The number of carbonyl (C=O) groups excluding carboxylic acids is 1. The second-order valence-electron chi connectivity index (χ2n) is 6.80. The minimum absolute atomic E-state index is 0.00256. The molecule has 1 amide bonds. The Bertz CT molecular complexity index is 563. The van der Waals surface area contributed by atoms with E-state index in [1.54, 1.807) is 0 Å². The van der Waals surface area contributed by atoms with Gasteiger partial charge in [-0.25, -0.2) is 0 Å². The number of likely N-dealkylation sites (tertiary alicyclic amines) is 1. The van der Waals surface area contributed by atoms with Gasteiger partial charge in [-0.15, -0.1) is 0 Å². The second kappa shape index (κ2) is 7.20. The van der Waals surface area contributed by atoms with Gasteiger partial charge in [-0.1, -0.05) is 23.7 Å². The Kier molecular flexibility index (Phi) is 5.24. The zero-order chi connectivity index (χ0) is 16.4. The van der Waals surface area contributed by atoms with Gasteiger partial charge >= 0.3 is 0 Å². The van der Waals surface area contributed by atoms with Crippen molar-refractivity contribution in [1.82, 2.24) is 15.1 Å². The highest BCUT2D eigenvalue weighted by atomic mass is 35.5. The van der Waals surface area contributed by atoms with Crippen LogP contribution in [0.5, 0.6) is 0 Å². The van der Waals surface area contributed by atoms with Crippen molar-refractivity contribution in [3.63, 3.8) is 0 Å². The zero-order valence-corrected chi connectivity index (χ0v) is 14.7. The molecule has 2 atom stereocenters. The third kappa shape index (κ3) is 3.54. The topological polar surface area (TPSA) is 35.6 Å². The molecule has 126 valence electrons. The van der Waals surface area contributed by atoms with Gasteiger partial charge in [-0.05, 0) is 44.4 Å². The summed E-state index contributed by atoms with van der Waals surface area (Å²) in [5, 5.41) is 4.22. The van der Waals surface area contributed by atoms with E-state index in [2.05, 4.69) is 30.1 Å². The first-order chi connectivity index (χ1) is 11.1. The fourth-order valence-corrected chi connectivity index (χ4v) is 4.02. The lowest BCUT2D eigenvalue weighted by atomic mass is 9.95. The number of benzene rings is 1. The normalized spacial score (nSPS) is 26.8. The van der Waals surface area contributed by atoms with Gasteiger partial charge in [-0.2, -0.15) is 0 Å². The molecule has 4 nitrogen and oxygen atoms in total. The average Bonchev–Trinajstić information content (AvgIpc) is 2.55. The minimum atomic E-state index is -0.00256. The van der Waals surface area contributed by atoms with Crippen LogP contribution in [0.4, 0.5) is 0 Å². The number of hydrogen-bond acceptors (Lipinski definition) is 3. The van der Waals surface area contributed by atoms with Crippen LogP contribution in [0.15, 0.2) is 24.3 Å². The smallest absolute Gasteiger partial charge is 0.240 e. The van der Waals surface area contributed by atoms with E-state index in [1.807, 2.05) is 23.1 Å². The number of piperazine rings is 1. The Morgan fingerprint density at radius 3 is 2.83 bits per heavy atom. The van der Waals surface area contributed by atoms with Crippen LogP contribution in [0, 0.1) is 0 Å². The van der Waals surface area contributed by atoms with Crippen molar-refractivity contribution in [1.29, 1.82) is 0 Å². The van der Waals surface area contributed by atoms with Gasteiger partial charge in [0, 0.05) is 43.3 Å². The molecule has 0 radical (unpaired) electrons. The van der Waals surface area contributed by atoms with Crippen LogP contribution in [0.25, 0.3) is 0 Å². The first kappa shape index (κ1) is 16.7.